The van der Waals surface area contributed by atoms with E-state index in [1.165, 1.54) is 12.1 Å². The van der Waals surface area contributed by atoms with Gasteiger partial charge in [-0.3, -0.25) is 0 Å². The van der Waals surface area contributed by atoms with E-state index in [1.54, 1.807) is 12.1 Å². The lowest BCUT2D eigenvalue weighted by atomic mass is 9.94. The molecule has 14 aromatic rings. The van der Waals surface area contributed by atoms with Crippen LogP contribution in [0.3, 0.4) is 0 Å². The maximum atomic E-state index is 15.3. The van der Waals surface area contributed by atoms with Crippen LogP contribution in [0.4, 0.5) is 18.9 Å². The van der Waals surface area contributed by atoms with Crippen molar-refractivity contribution in [2.75, 3.05) is 0 Å². The van der Waals surface area contributed by atoms with Gasteiger partial charge in [-0.2, -0.15) is 18.4 Å². The topological polar surface area (TPSA) is 47.9 Å². The van der Waals surface area contributed by atoms with E-state index >= 15 is 13.2 Å². The summed E-state index contributed by atoms with van der Waals surface area (Å²) in [4.78, 5) is 3.67. The molecule has 4 heterocycles. The van der Waals surface area contributed by atoms with Gasteiger partial charge in [0.15, 0.2) is 5.69 Å². The smallest absolute Gasteiger partial charge is 0.309 e. The molecule has 0 N–H and O–H groups in total. The fraction of sp³-hybridized carbons (Fsp3) is 0.0159. The van der Waals surface area contributed by atoms with Crippen molar-refractivity contribution in [3.05, 3.63) is 235 Å². The lowest BCUT2D eigenvalue weighted by molar-refractivity contribution is -0.137. The van der Waals surface area contributed by atoms with E-state index in [0.717, 1.165) is 105 Å². The van der Waals surface area contributed by atoms with Gasteiger partial charge < -0.3 is 18.3 Å². The highest BCUT2D eigenvalue weighted by Crippen LogP contribution is 2.47. The molecule has 14 rings (SSSR count). The third-order valence-corrected chi connectivity index (χ3v) is 14.4. The van der Waals surface area contributed by atoms with Crippen LogP contribution >= 0.6 is 0 Å². The highest BCUT2D eigenvalue weighted by molar-refractivity contribution is 6.15. The highest BCUT2D eigenvalue weighted by Gasteiger charge is 2.35. The van der Waals surface area contributed by atoms with Crippen LogP contribution in [-0.2, 0) is 6.18 Å². The molecule has 0 bridgehead atoms. The van der Waals surface area contributed by atoms with Crippen LogP contribution in [0, 0.1) is 17.9 Å². The minimum Gasteiger partial charge on any atom is -0.309 e. The van der Waals surface area contributed by atoms with Crippen molar-refractivity contribution in [3.8, 4) is 39.9 Å². The molecule has 0 radical (unpaired) electrons. The van der Waals surface area contributed by atoms with E-state index in [9.17, 15) is 5.26 Å². The predicted molar refractivity (Wildman–Crippen MR) is 285 cm³/mol. The molecule has 4 aromatic heterocycles. The van der Waals surface area contributed by atoms with Gasteiger partial charge >= 0.3 is 6.18 Å². The summed E-state index contributed by atoms with van der Waals surface area (Å²) >= 11 is 0. The van der Waals surface area contributed by atoms with Gasteiger partial charge in [0.2, 0.25) is 0 Å². The van der Waals surface area contributed by atoms with Gasteiger partial charge in [0.25, 0.3) is 0 Å². The molecule has 0 fully saturated rings. The Bertz CT molecular complexity index is 4360. The first kappa shape index (κ1) is 41.2. The molecule has 0 saturated carbocycles. The number of fused-ring (bicyclic) bond motifs is 12. The Balaban J connectivity index is 1.08. The SMILES string of the molecule is [C-]#[N+]c1cccc(C(F)(F)F)c1-c1cc(-n2c3ccccc3c3cc(-n4c5ccccc5c5ccccc54)ccc32)c(C#N)c(-n2c3ccccc3c3cc(-n4c5ccccc5c5ccccc54)ccc32)c1. The number of alkyl halides is 3. The molecule has 0 amide bonds. The maximum Gasteiger partial charge on any atom is 0.415 e. The van der Waals surface area contributed by atoms with Gasteiger partial charge in [0.05, 0.1) is 67.6 Å². The second-order valence-electron chi connectivity index (χ2n) is 18.2. The fourth-order valence-corrected chi connectivity index (χ4v) is 11.5. The lowest BCUT2D eigenvalue weighted by Gasteiger charge is -2.21. The standard InChI is InChI=1S/C63H35F3N6/c1-68-51-22-14-21-50(63(64,65)66)62(51)38-33-60(71-56-27-12-6-19-45(56)47-35-39(29-31-58(47)71)69-52-23-8-2-15-41(52)42-16-3-9-24-53(42)69)49(37-67)61(34-38)72-57-28-13-7-20-46(57)48-36-40(30-32-59(48)72)70-54-25-10-4-17-43(54)44-18-5-11-26-55(44)70/h2-36H. The van der Waals surface area contributed by atoms with E-state index < -0.39 is 11.7 Å². The van der Waals surface area contributed by atoms with Crippen molar-refractivity contribution >= 4 is 92.9 Å². The van der Waals surface area contributed by atoms with Gasteiger partial charge in [-0.15, -0.1) is 0 Å². The minimum absolute atomic E-state index is 0.150. The Hall–Kier alpha value is -9.83. The summed E-state index contributed by atoms with van der Waals surface area (Å²) in [5.41, 5.74) is 8.93. The Labute approximate surface area is 408 Å². The molecule has 10 aromatic carbocycles. The zero-order valence-corrected chi connectivity index (χ0v) is 38.0. The first-order chi connectivity index (χ1) is 35.3. The average molecular weight is 933 g/mol. The summed E-state index contributed by atoms with van der Waals surface area (Å²) in [7, 11) is 0. The molecule has 0 aliphatic carbocycles. The molecule has 0 atom stereocenters. The number of benzene rings is 10. The first-order valence-electron chi connectivity index (χ1n) is 23.5. The number of hydrogen-bond donors (Lipinski definition) is 0. The van der Waals surface area contributed by atoms with Gasteiger partial charge in [0.1, 0.15) is 11.6 Å². The van der Waals surface area contributed by atoms with Crippen molar-refractivity contribution in [3.63, 3.8) is 0 Å². The van der Waals surface area contributed by atoms with Crippen molar-refractivity contribution in [1.29, 1.82) is 5.26 Å². The second-order valence-corrected chi connectivity index (χ2v) is 18.2. The molecule has 0 saturated heterocycles. The molecule has 0 spiro atoms. The average Bonchev–Trinajstić information content (AvgIpc) is 4.14. The van der Waals surface area contributed by atoms with Gasteiger partial charge in [-0.25, -0.2) is 4.85 Å². The Morgan fingerprint density at radius 3 is 1.10 bits per heavy atom. The highest BCUT2D eigenvalue weighted by atomic mass is 19.4. The van der Waals surface area contributed by atoms with Crippen LogP contribution in [0.15, 0.2) is 212 Å². The number of nitriles is 1. The normalized spacial score (nSPS) is 12.1. The van der Waals surface area contributed by atoms with E-state index in [0.29, 0.717) is 11.4 Å². The Kier molecular flexibility index (Phi) is 8.77. The number of para-hydroxylation sites is 6. The maximum absolute atomic E-state index is 15.3. The van der Waals surface area contributed by atoms with Crippen LogP contribution < -0.4 is 0 Å². The van der Waals surface area contributed by atoms with Crippen molar-refractivity contribution in [2.45, 2.75) is 6.18 Å². The van der Waals surface area contributed by atoms with Crippen LogP contribution in [0.5, 0.6) is 0 Å². The molecular weight excluding hydrogens is 898 g/mol. The number of rotatable bonds is 5. The zero-order chi connectivity index (χ0) is 48.4. The Morgan fingerprint density at radius 1 is 0.389 bits per heavy atom. The summed E-state index contributed by atoms with van der Waals surface area (Å²) < 4.78 is 54.4. The summed E-state index contributed by atoms with van der Waals surface area (Å²) in [5.74, 6) is 0. The van der Waals surface area contributed by atoms with E-state index in [2.05, 4.69) is 92.8 Å². The van der Waals surface area contributed by atoms with E-state index in [-0.39, 0.29) is 22.4 Å². The third kappa shape index (κ3) is 5.83. The first-order valence-corrected chi connectivity index (χ1v) is 23.5. The molecular formula is C63H35F3N6. The molecule has 6 nitrogen and oxygen atoms in total. The molecule has 338 valence electrons. The molecule has 0 aliphatic rings. The van der Waals surface area contributed by atoms with Gasteiger partial charge in [-0.05, 0) is 96.1 Å². The fourth-order valence-electron chi connectivity index (χ4n) is 11.5. The predicted octanol–water partition coefficient (Wildman–Crippen LogP) is 17.2. The summed E-state index contributed by atoms with van der Waals surface area (Å²) in [6.07, 6.45) is -4.80. The molecule has 72 heavy (non-hydrogen) atoms. The van der Waals surface area contributed by atoms with Crippen LogP contribution in [0.1, 0.15) is 11.1 Å². The lowest BCUT2D eigenvalue weighted by Crippen LogP contribution is -2.09. The summed E-state index contributed by atoms with van der Waals surface area (Å²) in [6, 6.07) is 71.2. The second kappa shape index (κ2) is 15.3. The monoisotopic (exact) mass is 932 g/mol. The summed E-state index contributed by atoms with van der Waals surface area (Å²) in [5, 5.41) is 19.8. The quantitative estimate of drug-likeness (QED) is 0.159. The number of halogens is 3. The van der Waals surface area contributed by atoms with E-state index in [4.69, 9.17) is 6.57 Å². The number of hydrogen-bond acceptors (Lipinski definition) is 1. The number of nitrogens with zero attached hydrogens (tertiary/aromatic N) is 6. The largest absolute Gasteiger partial charge is 0.415 e. The van der Waals surface area contributed by atoms with Crippen LogP contribution in [0.25, 0.3) is 126 Å². The zero-order valence-electron chi connectivity index (χ0n) is 38.0. The third-order valence-electron chi connectivity index (χ3n) is 14.4. The molecule has 9 heteroatoms. The molecule has 0 aliphatic heterocycles. The minimum atomic E-state index is -4.80. The number of aromatic nitrogens is 4. The Morgan fingerprint density at radius 2 is 0.736 bits per heavy atom. The van der Waals surface area contributed by atoms with Crippen LogP contribution in [-0.4, -0.2) is 18.3 Å². The summed E-state index contributed by atoms with van der Waals surface area (Å²) in [6.45, 7) is 8.18. The van der Waals surface area contributed by atoms with Crippen molar-refractivity contribution in [1.82, 2.24) is 18.3 Å². The molecule has 0 unspecified atom stereocenters. The van der Waals surface area contributed by atoms with E-state index in [1.807, 2.05) is 118 Å². The van der Waals surface area contributed by atoms with Crippen molar-refractivity contribution < 1.29 is 13.2 Å². The van der Waals surface area contributed by atoms with Gasteiger partial charge in [-0.1, -0.05) is 127 Å². The van der Waals surface area contributed by atoms with Crippen molar-refractivity contribution in [2.24, 2.45) is 0 Å². The van der Waals surface area contributed by atoms with Gasteiger partial charge in [0, 0.05) is 54.5 Å². The van der Waals surface area contributed by atoms with Crippen LogP contribution in [0.2, 0.25) is 0 Å².